The molecule has 1 rings (SSSR count). The van der Waals surface area contributed by atoms with Crippen LogP contribution >= 0.6 is 0 Å². The molecule has 0 spiro atoms. The molecule has 0 radical (unpaired) electrons. The number of carboxylic acids is 1. The van der Waals surface area contributed by atoms with Gasteiger partial charge in [0.25, 0.3) is 0 Å². The van der Waals surface area contributed by atoms with Crippen molar-refractivity contribution in [3.05, 3.63) is 12.2 Å². The van der Waals surface area contributed by atoms with Gasteiger partial charge in [0.2, 0.25) is 5.91 Å². The maximum atomic E-state index is 13.2. The number of aliphatic carboxylic acids is 1. The highest BCUT2D eigenvalue weighted by Gasteiger charge is 2.36. The van der Waals surface area contributed by atoms with Gasteiger partial charge in [-0.25, -0.2) is 0 Å². The summed E-state index contributed by atoms with van der Waals surface area (Å²) in [5, 5.41) is 9.53. The summed E-state index contributed by atoms with van der Waals surface area (Å²) >= 11 is 0. The van der Waals surface area contributed by atoms with Gasteiger partial charge in [-0.05, 0) is 25.7 Å². The highest BCUT2D eigenvalue weighted by atomic mass is 16.4. The highest BCUT2D eigenvalue weighted by Crippen LogP contribution is 2.28. The van der Waals surface area contributed by atoms with E-state index in [1.165, 1.54) is 51.4 Å². The van der Waals surface area contributed by atoms with Crippen LogP contribution in [0.15, 0.2) is 12.2 Å². The van der Waals surface area contributed by atoms with Gasteiger partial charge in [0.05, 0.1) is 11.8 Å². The third-order valence-corrected chi connectivity index (χ3v) is 5.94. The predicted octanol–water partition coefficient (Wildman–Crippen LogP) is 6.20. The van der Waals surface area contributed by atoms with Crippen LogP contribution in [0.25, 0.3) is 0 Å². The minimum atomic E-state index is -0.832. The molecule has 0 aromatic heterocycles. The predicted molar refractivity (Wildman–Crippen MR) is 116 cm³/mol. The van der Waals surface area contributed by atoms with Crippen LogP contribution < -0.4 is 0 Å². The summed E-state index contributed by atoms with van der Waals surface area (Å²) in [6.07, 6.45) is 19.4. The van der Waals surface area contributed by atoms with Gasteiger partial charge in [-0.1, -0.05) is 90.2 Å². The fourth-order valence-corrected chi connectivity index (χ4v) is 4.09. The van der Waals surface area contributed by atoms with Crippen molar-refractivity contribution in [1.29, 1.82) is 0 Å². The first-order valence-corrected chi connectivity index (χ1v) is 11.8. The number of amides is 1. The molecule has 2 atom stereocenters. The lowest BCUT2D eigenvalue weighted by molar-refractivity contribution is -0.150. The Morgan fingerprint density at radius 2 is 1.18 bits per heavy atom. The molecule has 4 nitrogen and oxygen atoms in total. The second-order valence-electron chi connectivity index (χ2n) is 8.35. The third kappa shape index (κ3) is 9.75. The Labute approximate surface area is 172 Å². The topological polar surface area (TPSA) is 57.6 Å². The smallest absolute Gasteiger partial charge is 0.307 e. The lowest BCUT2D eigenvalue weighted by Gasteiger charge is -2.31. The van der Waals surface area contributed by atoms with Gasteiger partial charge in [-0.3, -0.25) is 9.59 Å². The molecule has 0 aromatic carbocycles. The number of allylic oxidation sites excluding steroid dienone is 2. The average molecular weight is 394 g/mol. The van der Waals surface area contributed by atoms with E-state index in [1.54, 1.807) is 0 Å². The SMILES string of the molecule is CCCCCCCCN(CCCCCCCC)C(=O)C1CC=CCC1C(=O)O. The fraction of sp³-hybridized carbons (Fsp3) is 0.833. The van der Waals surface area contributed by atoms with Crippen molar-refractivity contribution in [3.63, 3.8) is 0 Å². The van der Waals surface area contributed by atoms with Crippen molar-refractivity contribution in [2.45, 2.75) is 104 Å². The van der Waals surface area contributed by atoms with E-state index < -0.39 is 11.9 Å². The number of unbranched alkanes of at least 4 members (excludes halogenated alkanes) is 10. The standard InChI is InChI=1S/C24H43NO3/c1-3-5-7-9-11-15-19-25(20-16-12-10-8-6-4-2)23(26)21-17-13-14-18-22(21)24(27)28/h13-14,21-22H,3-12,15-20H2,1-2H3,(H,27,28). The van der Waals surface area contributed by atoms with Crippen LogP contribution in [0.4, 0.5) is 0 Å². The van der Waals surface area contributed by atoms with Crippen LogP contribution in [0, 0.1) is 11.8 Å². The van der Waals surface area contributed by atoms with Crippen LogP contribution in [0.2, 0.25) is 0 Å². The molecule has 162 valence electrons. The van der Waals surface area contributed by atoms with E-state index in [1.807, 2.05) is 17.1 Å². The van der Waals surface area contributed by atoms with Gasteiger partial charge in [0.1, 0.15) is 0 Å². The van der Waals surface area contributed by atoms with Crippen LogP contribution in [0.1, 0.15) is 104 Å². The Balaban J connectivity index is 2.55. The lowest BCUT2D eigenvalue weighted by Crippen LogP contribution is -2.42. The van der Waals surface area contributed by atoms with Crippen molar-refractivity contribution < 1.29 is 14.7 Å². The zero-order valence-electron chi connectivity index (χ0n) is 18.3. The number of hydrogen-bond acceptors (Lipinski definition) is 2. The van der Waals surface area contributed by atoms with E-state index in [0.717, 1.165) is 38.8 Å². The fourth-order valence-electron chi connectivity index (χ4n) is 4.09. The van der Waals surface area contributed by atoms with Crippen molar-refractivity contribution in [3.8, 4) is 0 Å². The van der Waals surface area contributed by atoms with E-state index in [2.05, 4.69) is 13.8 Å². The van der Waals surface area contributed by atoms with Gasteiger partial charge >= 0.3 is 5.97 Å². The summed E-state index contributed by atoms with van der Waals surface area (Å²) in [5.74, 6) is -1.71. The number of carbonyl (C=O) groups is 2. The summed E-state index contributed by atoms with van der Waals surface area (Å²) in [4.78, 5) is 26.8. The van der Waals surface area contributed by atoms with Gasteiger partial charge in [0.15, 0.2) is 0 Å². The molecule has 0 aromatic rings. The molecule has 28 heavy (non-hydrogen) atoms. The Kier molecular flexibility index (Phi) is 13.8. The molecular weight excluding hydrogens is 350 g/mol. The van der Waals surface area contributed by atoms with E-state index in [-0.39, 0.29) is 11.8 Å². The summed E-state index contributed by atoms with van der Waals surface area (Å²) in [6.45, 7) is 6.01. The first-order valence-electron chi connectivity index (χ1n) is 11.8. The lowest BCUT2D eigenvalue weighted by atomic mass is 9.82. The van der Waals surface area contributed by atoms with E-state index in [9.17, 15) is 14.7 Å². The zero-order valence-corrected chi connectivity index (χ0v) is 18.3. The number of carbonyl (C=O) groups excluding carboxylic acids is 1. The second-order valence-corrected chi connectivity index (χ2v) is 8.35. The molecule has 1 aliphatic carbocycles. The maximum Gasteiger partial charge on any atom is 0.307 e. The third-order valence-electron chi connectivity index (χ3n) is 5.94. The number of carboxylic acid groups (broad SMARTS) is 1. The van der Waals surface area contributed by atoms with E-state index in [4.69, 9.17) is 0 Å². The molecular formula is C24H43NO3. The van der Waals surface area contributed by atoms with Gasteiger partial charge < -0.3 is 10.0 Å². The van der Waals surface area contributed by atoms with Crippen molar-refractivity contribution in [2.24, 2.45) is 11.8 Å². The quantitative estimate of drug-likeness (QED) is 0.251. The zero-order chi connectivity index (χ0) is 20.6. The molecule has 4 heteroatoms. The first kappa shape index (κ1) is 24.7. The number of nitrogens with zero attached hydrogens (tertiary/aromatic N) is 1. The largest absolute Gasteiger partial charge is 0.481 e. The molecule has 1 aliphatic rings. The first-order chi connectivity index (χ1) is 13.6. The van der Waals surface area contributed by atoms with Crippen LogP contribution in [-0.2, 0) is 9.59 Å². The van der Waals surface area contributed by atoms with E-state index in [0.29, 0.717) is 12.8 Å². The van der Waals surface area contributed by atoms with Crippen LogP contribution in [-0.4, -0.2) is 35.0 Å². The minimum Gasteiger partial charge on any atom is -0.481 e. The molecule has 2 unspecified atom stereocenters. The normalized spacial score (nSPS) is 18.9. The maximum absolute atomic E-state index is 13.2. The van der Waals surface area contributed by atoms with Crippen LogP contribution in [0.5, 0.6) is 0 Å². The Hall–Kier alpha value is -1.32. The van der Waals surface area contributed by atoms with Gasteiger partial charge in [-0.15, -0.1) is 0 Å². The Morgan fingerprint density at radius 3 is 1.64 bits per heavy atom. The highest BCUT2D eigenvalue weighted by molar-refractivity contribution is 5.85. The Morgan fingerprint density at radius 1 is 0.750 bits per heavy atom. The molecule has 0 fully saturated rings. The summed E-state index contributed by atoms with van der Waals surface area (Å²) in [6, 6.07) is 0. The van der Waals surface area contributed by atoms with E-state index >= 15 is 0 Å². The molecule has 1 N–H and O–H groups in total. The summed E-state index contributed by atoms with van der Waals surface area (Å²) in [5.41, 5.74) is 0. The molecule has 0 heterocycles. The number of rotatable bonds is 16. The molecule has 0 bridgehead atoms. The average Bonchev–Trinajstić information content (AvgIpc) is 2.71. The summed E-state index contributed by atoms with van der Waals surface area (Å²) in [7, 11) is 0. The van der Waals surface area contributed by atoms with Crippen LogP contribution in [0.3, 0.4) is 0 Å². The van der Waals surface area contributed by atoms with Gasteiger partial charge in [0, 0.05) is 13.1 Å². The van der Waals surface area contributed by atoms with Crippen molar-refractivity contribution in [1.82, 2.24) is 4.90 Å². The Bertz CT molecular complexity index is 445. The molecule has 1 amide bonds. The second kappa shape index (κ2) is 15.6. The molecule has 0 saturated heterocycles. The number of hydrogen-bond donors (Lipinski definition) is 1. The van der Waals surface area contributed by atoms with Gasteiger partial charge in [-0.2, -0.15) is 0 Å². The minimum absolute atomic E-state index is 0.0684. The van der Waals surface area contributed by atoms with Crippen molar-refractivity contribution in [2.75, 3.05) is 13.1 Å². The van der Waals surface area contributed by atoms with Crippen molar-refractivity contribution >= 4 is 11.9 Å². The molecule has 0 saturated carbocycles. The molecule has 0 aliphatic heterocycles. The monoisotopic (exact) mass is 393 g/mol. The summed E-state index contributed by atoms with van der Waals surface area (Å²) < 4.78 is 0.